The van der Waals surface area contributed by atoms with Crippen molar-refractivity contribution in [2.24, 2.45) is 17.6 Å². The molecule has 2 aliphatic heterocycles. The average molecular weight is 925 g/mol. The van der Waals surface area contributed by atoms with E-state index in [0.717, 1.165) is 56.1 Å². The van der Waals surface area contributed by atoms with Gasteiger partial charge in [0.1, 0.15) is 12.4 Å². The Bertz CT molecular complexity index is 2390. The maximum Gasteiger partial charge on any atom is 0.328 e. The number of nitrogens with two attached hydrogens (primary N) is 1. The lowest BCUT2D eigenvalue weighted by Gasteiger charge is -2.33. The average Bonchev–Trinajstić information content (AvgIpc) is 3.33. The molecule has 5 N–H and O–H groups in total. The minimum atomic E-state index is -0.790. The lowest BCUT2D eigenvalue weighted by Crippen LogP contribution is -2.49. The quantitative estimate of drug-likeness (QED) is 0.0760. The van der Waals surface area contributed by atoms with Gasteiger partial charge in [0.05, 0.1) is 25.0 Å². The summed E-state index contributed by atoms with van der Waals surface area (Å²) in [7, 11) is 3.02. The Morgan fingerprint density at radius 2 is 1.62 bits per heavy atom. The number of nitrogens with zero attached hydrogens (tertiary/aromatic N) is 2. The Morgan fingerprint density at radius 1 is 0.879 bits per heavy atom. The highest BCUT2D eigenvalue weighted by molar-refractivity contribution is 6.33. The molecular formula is C50H58ClFN6O8. The zero-order valence-corrected chi connectivity index (χ0v) is 38.2. The van der Waals surface area contributed by atoms with Gasteiger partial charge in [0.2, 0.25) is 17.7 Å². The molecule has 4 aromatic carbocycles. The number of ether oxygens (including phenoxy) is 3. The van der Waals surface area contributed by atoms with Gasteiger partial charge in [-0.15, -0.1) is 0 Å². The van der Waals surface area contributed by atoms with E-state index in [2.05, 4.69) is 16.0 Å². The van der Waals surface area contributed by atoms with Gasteiger partial charge in [-0.05, 0) is 104 Å². The minimum Gasteiger partial charge on any atom is -0.495 e. The van der Waals surface area contributed by atoms with Crippen molar-refractivity contribution in [3.63, 3.8) is 0 Å². The van der Waals surface area contributed by atoms with Crippen LogP contribution in [0, 0.1) is 17.7 Å². The van der Waals surface area contributed by atoms with E-state index in [1.165, 1.54) is 31.3 Å². The third-order valence-electron chi connectivity index (χ3n) is 13.0. The van der Waals surface area contributed by atoms with Crippen LogP contribution < -0.4 is 36.1 Å². The van der Waals surface area contributed by atoms with E-state index in [1.807, 2.05) is 47.4 Å². The van der Waals surface area contributed by atoms with Crippen LogP contribution in [0.4, 0.5) is 14.9 Å². The Hall–Kier alpha value is -6.03. The summed E-state index contributed by atoms with van der Waals surface area (Å²) in [6, 6.07) is 22.9. The van der Waals surface area contributed by atoms with Crippen LogP contribution in [0.25, 0.3) is 11.1 Å². The highest BCUT2D eigenvalue weighted by Gasteiger charge is 2.31. The SMILES string of the molecule is COCCOc1ccc(C(N)=O)c(-c2cc(C(CNC3CCC(C(=O)NCCC4CCN(C(=O)c5ccc(OC)c(N6CCC(=O)NC6=O)c5)CC4)CC3)c3ccccc3)ccc2Cl)c1F. The van der Waals surface area contributed by atoms with Gasteiger partial charge in [-0.25, -0.2) is 9.18 Å². The lowest BCUT2D eigenvalue weighted by molar-refractivity contribution is -0.126. The highest BCUT2D eigenvalue weighted by atomic mass is 35.5. The number of hydrogen-bond donors (Lipinski definition) is 4. The molecule has 0 bridgehead atoms. The van der Waals surface area contributed by atoms with Gasteiger partial charge in [0.25, 0.3) is 5.91 Å². The molecule has 0 aromatic heterocycles. The van der Waals surface area contributed by atoms with Crippen molar-refractivity contribution in [3.8, 4) is 22.6 Å². The van der Waals surface area contributed by atoms with E-state index in [0.29, 0.717) is 54.7 Å². The van der Waals surface area contributed by atoms with E-state index in [4.69, 9.17) is 31.5 Å². The van der Waals surface area contributed by atoms with Crippen LogP contribution in [0.5, 0.6) is 11.5 Å². The number of amides is 6. The summed E-state index contributed by atoms with van der Waals surface area (Å²) in [4.78, 5) is 66.9. The van der Waals surface area contributed by atoms with Gasteiger partial charge >= 0.3 is 6.03 Å². The van der Waals surface area contributed by atoms with E-state index in [1.54, 1.807) is 24.3 Å². The first-order valence-corrected chi connectivity index (χ1v) is 23.0. The van der Waals surface area contributed by atoms with Gasteiger partial charge in [-0.2, -0.15) is 0 Å². The Labute approximate surface area is 389 Å². The predicted molar refractivity (Wildman–Crippen MR) is 250 cm³/mol. The Kier molecular flexibility index (Phi) is 16.3. The summed E-state index contributed by atoms with van der Waals surface area (Å²) in [5.41, 5.74) is 8.84. The van der Waals surface area contributed by atoms with Crippen molar-refractivity contribution >= 4 is 46.9 Å². The number of piperidine rings is 1. The van der Waals surface area contributed by atoms with Crippen molar-refractivity contribution in [2.45, 2.75) is 63.3 Å². The molecule has 66 heavy (non-hydrogen) atoms. The minimum absolute atomic E-state index is 0.00916. The third kappa shape index (κ3) is 11.5. The number of halogens is 2. The summed E-state index contributed by atoms with van der Waals surface area (Å²) in [6.45, 7) is 2.90. The molecular weight excluding hydrogens is 867 g/mol. The van der Waals surface area contributed by atoms with Crippen molar-refractivity contribution < 1.29 is 42.6 Å². The molecule has 14 nitrogen and oxygen atoms in total. The number of anilines is 1. The molecule has 3 fully saturated rings. The topological polar surface area (TPSA) is 182 Å². The molecule has 6 amide bonds. The fourth-order valence-corrected chi connectivity index (χ4v) is 9.47. The number of likely N-dealkylation sites (tertiary alicyclic amines) is 1. The molecule has 1 saturated carbocycles. The summed E-state index contributed by atoms with van der Waals surface area (Å²) < 4.78 is 32.3. The van der Waals surface area contributed by atoms with Crippen LogP contribution in [0.15, 0.2) is 78.9 Å². The highest BCUT2D eigenvalue weighted by Crippen LogP contribution is 2.40. The smallest absolute Gasteiger partial charge is 0.328 e. The number of carbonyl (C=O) groups is 5. The van der Waals surface area contributed by atoms with Crippen LogP contribution >= 0.6 is 11.6 Å². The number of methoxy groups -OCH3 is 2. The second kappa shape index (κ2) is 22.4. The summed E-state index contributed by atoms with van der Waals surface area (Å²) in [5.74, 6) is -1.36. The van der Waals surface area contributed by atoms with E-state index in [9.17, 15) is 24.0 Å². The first-order chi connectivity index (χ1) is 31.9. The second-order valence-corrected chi connectivity index (χ2v) is 17.5. The van der Waals surface area contributed by atoms with E-state index in [-0.39, 0.29) is 83.7 Å². The Balaban J connectivity index is 0.896. The fraction of sp³-hybridized carbons (Fsp3) is 0.420. The number of imide groups is 1. The maximum atomic E-state index is 16.1. The summed E-state index contributed by atoms with van der Waals surface area (Å²) in [5, 5.41) is 9.52. The number of primary amides is 1. The molecule has 4 aromatic rings. The number of benzene rings is 4. The van der Waals surface area contributed by atoms with Crippen LogP contribution in [0.1, 0.15) is 89.1 Å². The molecule has 0 radical (unpaired) electrons. The summed E-state index contributed by atoms with van der Waals surface area (Å²) in [6.07, 6.45) is 5.82. The van der Waals surface area contributed by atoms with E-state index < -0.39 is 17.8 Å². The zero-order valence-electron chi connectivity index (χ0n) is 37.4. The van der Waals surface area contributed by atoms with Crippen LogP contribution in [-0.2, 0) is 14.3 Å². The molecule has 2 saturated heterocycles. The first kappa shape index (κ1) is 47.9. The zero-order chi connectivity index (χ0) is 46.7. The molecule has 350 valence electrons. The van der Waals surface area contributed by atoms with Gasteiger partial charge < -0.3 is 35.5 Å². The van der Waals surface area contributed by atoms with Crippen molar-refractivity contribution in [1.29, 1.82) is 0 Å². The van der Waals surface area contributed by atoms with Gasteiger partial charge in [-0.3, -0.25) is 29.4 Å². The van der Waals surface area contributed by atoms with E-state index >= 15 is 4.39 Å². The van der Waals surface area contributed by atoms with Crippen LogP contribution in [0.2, 0.25) is 5.02 Å². The molecule has 7 rings (SSSR count). The number of hydrogen-bond acceptors (Lipinski definition) is 9. The monoisotopic (exact) mass is 924 g/mol. The number of rotatable bonds is 18. The molecule has 2 heterocycles. The summed E-state index contributed by atoms with van der Waals surface area (Å²) >= 11 is 6.73. The predicted octanol–water partition coefficient (Wildman–Crippen LogP) is 7.06. The van der Waals surface area contributed by atoms with Gasteiger partial charge in [0.15, 0.2) is 11.6 Å². The first-order valence-electron chi connectivity index (χ1n) is 22.6. The largest absolute Gasteiger partial charge is 0.495 e. The maximum absolute atomic E-state index is 16.1. The van der Waals surface area contributed by atoms with Gasteiger partial charge in [0, 0.05) is 85.8 Å². The second-order valence-electron chi connectivity index (χ2n) is 17.1. The Morgan fingerprint density at radius 3 is 2.32 bits per heavy atom. The number of nitrogens with one attached hydrogen (secondary N) is 3. The molecule has 1 atom stereocenters. The van der Waals surface area contributed by atoms with Crippen LogP contribution in [0.3, 0.4) is 0 Å². The van der Waals surface area contributed by atoms with Crippen molar-refractivity contribution in [3.05, 3.63) is 112 Å². The molecule has 1 unspecified atom stereocenters. The molecule has 0 spiro atoms. The molecule has 16 heteroatoms. The standard InChI is InChI=1S/C50H58ClFN6O8/c1-64-26-27-66-43-17-14-37(47(53)60)45(46(43)52)38-28-34(10-15-40(38)51)39(32-6-4-3-5-7-32)30-55-36-12-8-33(9-13-36)48(61)54-22-18-31-19-23-57(24-20-31)49(62)35-11-16-42(65-2)41(29-35)58-25-21-44(59)56-50(58)63/h3-7,10-11,14-17,28-29,31,33,36,39,55H,8-9,12-13,18-27,30H2,1-2H3,(H2,53,60)(H,54,61)(H,56,59,63). The normalized spacial score (nSPS) is 18.4. The van der Waals surface area contributed by atoms with Crippen LogP contribution in [-0.4, -0.2) is 101 Å². The van der Waals surface area contributed by atoms with Crippen molar-refractivity contribution in [2.75, 3.05) is 65.1 Å². The van der Waals surface area contributed by atoms with Crippen molar-refractivity contribution in [1.82, 2.24) is 20.9 Å². The lowest BCUT2D eigenvalue weighted by atomic mass is 9.84. The number of urea groups is 1. The van der Waals surface area contributed by atoms with Gasteiger partial charge in [-0.1, -0.05) is 48.0 Å². The molecule has 1 aliphatic carbocycles. The number of carbonyl (C=O) groups excluding carboxylic acids is 5. The molecule has 3 aliphatic rings. The third-order valence-corrected chi connectivity index (χ3v) is 13.3. The fourth-order valence-electron chi connectivity index (χ4n) is 9.26.